The molecule has 1 rings (SSSR count). The summed E-state index contributed by atoms with van der Waals surface area (Å²) in [5.41, 5.74) is 6.69. The maximum Gasteiger partial charge on any atom is 0.166 e. The second kappa shape index (κ2) is 5.34. The fourth-order valence-electron chi connectivity index (χ4n) is 1.20. The second-order valence-electron chi connectivity index (χ2n) is 3.09. The molecule has 1 heterocycles. The van der Waals surface area contributed by atoms with E-state index in [1.165, 1.54) is 6.20 Å². The van der Waals surface area contributed by atoms with Gasteiger partial charge in [0.2, 0.25) is 0 Å². The van der Waals surface area contributed by atoms with E-state index in [1.54, 1.807) is 12.3 Å². The van der Waals surface area contributed by atoms with Crippen LogP contribution >= 0.6 is 0 Å². The summed E-state index contributed by atoms with van der Waals surface area (Å²) in [6.45, 7) is 0.839. The summed E-state index contributed by atoms with van der Waals surface area (Å²) in [5, 5.41) is 2.99. The van der Waals surface area contributed by atoms with Crippen molar-refractivity contribution >= 4 is 11.5 Å². The Morgan fingerprint density at radius 2 is 2.43 bits per heavy atom. The Balaban J connectivity index is 2.56. The summed E-state index contributed by atoms with van der Waals surface area (Å²) in [7, 11) is 1.86. The number of nitrogens with zero attached hydrogens (tertiary/aromatic N) is 1. The molecule has 3 N–H and O–H groups in total. The molecule has 0 aliphatic heterocycles. The van der Waals surface area contributed by atoms with Gasteiger partial charge in [-0.2, -0.15) is 0 Å². The van der Waals surface area contributed by atoms with Gasteiger partial charge < -0.3 is 11.1 Å². The minimum atomic E-state index is 0.0610. The van der Waals surface area contributed by atoms with Gasteiger partial charge in [-0.1, -0.05) is 0 Å². The van der Waals surface area contributed by atoms with Crippen LogP contribution in [0.2, 0.25) is 0 Å². The first-order chi connectivity index (χ1) is 6.75. The van der Waals surface area contributed by atoms with Crippen molar-refractivity contribution in [3.05, 3.63) is 24.0 Å². The van der Waals surface area contributed by atoms with E-state index in [0.717, 1.165) is 13.0 Å². The number of nitrogens with two attached hydrogens (primary N) is 1. The SMILES string of the molecule is CNCCCC(=O)c1cnccc1N. The Bertz CT molecular complexity index is 312. The quantitative estimate of drug-likeness (QED) is 0.537. The maximum absolute atomic E-state index is 11.6. The lowest BCUT2D eigenvalue weighted by Gasteiger charge is -2.03. The molecule has 0 saturated carbocycles. The Labute approximate surface area is 83.5 Å². The monoisotopic (exact) mass is 193 g/mol. The largest absolute Gasteiger partial charge is 0.398 e. The number of Topliss-reactive ketones (excluding diaryl/α,β-unsaturated/α-hetero) is 1. The van der Waals surface area contributed by atoms with Gasteiger partial charge in [-0.15, -0.1) is 0 Å². The molecular formula is C10H15N3O. The van der Waals surface area contributed by atoms with Crippen LogP contribution < -0.4 is 11.1 Å². The lowest BCUT2D eigenvalue weighted by Crippen LogP contribution is -2.11. The molecule has 0 atom stereocenters. The summed E-state index contributed by atoms with van der Waals surface area (Å²) >= 11 is 0. The topological polar surface area (TPSA) is 68.0 Å². The Morgan fingerprint density at radius 3 is 3.07 bits per heavy atom. The molecule has 0 saturated heterocycles. The highest BCUT2D eigenvalue weighted by molar-refractivity contribution is 6.00. The number of nitrogens with one attached hydrogen (secondary N) is 1. The summed E-state index contributed by atoms with van der Waals surface area (Å²) in [4.78, 5) is 15.5. The first kappa shape index (κ1) is 10.7. The highest BCUT2D eigenvalue weighted by atomic mass is 16.1. The third-order valence-corrected chi connectivity index (χ3v) is 1.99. The molecule has 1 aromatic rings. The van der Waals surface area contributed by atoms with E-state index in [-0.39, 0.29) is 5.78 Å². The molecule has 14 heavy (non-hydrogen) atoms. The van der Waals surface area contributed by atoms with Crippen LogP contribution in [0, 0.1) is 0 Å². The van der Waals surface area contributed by atoms with Crippen LogP contribution in [-0.2, 0) is 0 Å². The zero-order valence-electron chi connectivity index (χ0n) is 8.29. The molecule has 0 spiro atoms. The summed E-state index contributed by atoms with van der Waals surface area (Å²) in [6.07, 6.45) is 4.44. The average molecular weight is 193 g/mol. The molecule has 1 aromatic heterocycles. The van der Waals surface area contributed by atoms with Crippen LogP contribution in [0.4, 0.5) is 5.69 Å². The highest BCUT2D eigenvalue weighted by Crippen LogP contribution is 2.11. The van der Waals surface area contributed by atoms with Gasteiger partial charge in [-0.3, -0.25) is 9.78 Å². The molecule has 0 fully saturated rings. The summed E-state index contributed by atoms with van der Waals surface area (Å²) < 4.78 is 0. The molecule has 0 unspecified atom stereocenters. The van der Waals surface area contributed by atoms with Gasteiger partial charge in [0, 0.05) is 24.5 Å². The van der Waals surface area contributed by atoms with E-state index < -0.39 is 0 Å². The van der Waals surface area contributed by atoms with Crippen molar-refractivity contribution in [1.82, 2.24) is 10.3 Å². The van der Waals surface area contributed by atoms with E-state index in [9.17, 15) is 4.79 Å². The zero-order valence-corrected chi connectivity index (χ0v) is 8.29. The Morgan fingerprint density at radius 1 is 1.64 bits per heavy atom. The molecule has 0 radical (unpaired) electrons. The highest BCUT2D eigenvalue weighted by Gasteiger charge is 2.08. The van der Waals surface area contributed by atoms with Crippen LogP contribution in [0.5, 0.6) is 0 Å². The molecule has 0 amide bonds. The number of anilines is 1. The number of carbonyl (C=O) groups excluding carboxylic acids is 1. The van der Waals surface area contributed by atoms with E-state index >= 15 is 0 Å². The van der Waals surface area contributed by atoms with Crippen molar-refractivity contribution in [1.29, 1.82) is 0 Å². The zero-order chi connectivity index (χ0) is 10.4. The smallest absolute Gasteiger partial charge is 0.166 e. The van der Waals surface area contributed by atoms with Crippen LogP contribution in [0.3, 0.4) is 0 Å². The molecule has 0 aromatic carbocycles. The van der Waals surface area contributed by atoms with Crippen LogP contribution in [-0.4, -0.2) is 24.4 Å². The minimum absolute atomic E-state index is 0.0610. The van der Waals surface area contributed by atoms with Gasteiger partial charge in [0.05, 0.1) is 5.56 Å². The van der Waals surface area contributed by atoms with Crippen molar-refractivity contribution in [2.24, 2.45) is 0 Å². The van der Waals surface area contributed by atoms with Crippen molar-refractivity contribution in [2.45, 2.75) is 12.8 Å². The number of aromatic nitrogens is 1. The normalized spacial score (nSPS) is 10.1. The standard InChI is InChI=1S/C10H15N3O/c1-12-5-2-3-10(14)8-7-13-6-4-9(8)11/h4,6-7,12H,2-3,5H2,1H3,(H2,11,13). The van der Waals surface area contributed by atoms with Crippen LogP contribution in [0.1, 0.15) is 23.2 Å². The molecule has 4 nitrogen and oxygen atoms in total. The van der Waals surface area contributed by atoms with Crippen molar-refractivity contribution in [3.63, 3.8) is 0 Å². The van der Waals surface area contributed by atoms with E-state index in [2.05, 4.69) is 10.3 Å². The van der Waals surface area contributed by atoms with Crippen LogP contribution in [0.15, 0.2) is 18.5 Å². The Kier molecular flexibility index (Phi) is 4.07. The molecular weight excluding hydrogens is 178 g/mol. The van der Waals surface area contributed by atoms with Gasteiger partial charge in [0.25, 0.3) is 0 Å². The number of hydrogen-bond acceptors (Lipinski definition) is 4. The first-order valence-electron chi connectivity index (χ1n) is 4.63. The van der Waals surface area contributed by atoms with Gasteiger partial charge in [-0.25, -0.2) is 0 Å². The maximum atomic E-state index is 11.6. The van der Waals surface area contributed by atoms with Crippen molar-refractivity contribution < 1.29 is 4.79 Å². The third kappa shape index (κ3) is 2.81. The van der Waals surface area contributed by atoms with Gasteiger partial charge in [0.1, 0.15) is 0 Å². The van der Waals surface area contributed by atoms with Crippen LogP contribution in [0.25, 0.3) is 0 Å². The minimum Gasteiger partial charge on any atom is -0.398 e. The predicted molar refractivity (Wildman–Crippen MR) is 56.1 cm³/mol. The number of hydrogen-bond donors (Lipinski definition) is 2. The summed E-state index contributed by atoms with van der Waals surface area (Å²) in [6, 6.07) is 1.64. The molecule has 4 heteroatoms. The Hall–Kier alpha value is -1.42. The molecule has 0 aliphatic carbocycles. The van der Waals surface area contributed by atoms with Crippen molar-refractivity contribution in [2.75, 3.05) is 19.3 Å². The van der Waals surface area contributed by atoms with Gasteiger partial charge in [0.15, 0.2) is 5.78 Å². The number of carbonyl (C=O) groups is 1. The number of rotatable bonds is 5. The fourth-order valence-corrected chi connectivity index (χ4v) is 1.20. The summed E-state index contributed by atoms with van der Waals surface area (Å²) in [5.74, 6) is 0.0610. The molecule has 0 bridgehead atoms. The number of nitrogen functional groups attached to an aromatic ring is 1. The lowest BCUT2D eigenvalue weighted by atomic mass is 10.1. The average Bonchev–Trinajstić information content (AvgIpc) is 2.18. The third-order valence-electron chi connectivity index (χ3n) is 1.99. The van der Waals surface area contributed by atoms with E-state index in [1.807, 2.05) is 7.05 Å². The predicted octanol–water partition coefficient (Wildman–Crippen LogP) is 0.846. The van der Waals surface area contributed by atoms with Crippen molar-refractivity contribution in [3.8, 4) is 0 Å². The van der Waals surface area contributed by atoms with Gasteiger partial charge in [-0.05, 0) is 26.1 Å². The second-order valence-corrected chi connectivity index (χ2v) is 3.09. The first-order valence-corrected chi connectivity index (χ1v) is 4.63. The van der Waals surface area contributed by atoms with E-state index in [0.29, 0.717) is 17.7 Å². The molecule has 0 aliphatic rings. The number of ketones is 1. The van der Waals surface area contributed by atoms with E-state index in [4.69, 9.17) is 5.73 Å². The number of pyridine rings is 1. The fraction of sp³-hybridized carbons (Fsp3) is 0.400. The molecule has 76 valence electrons. The van der Waals surface area contributed by atoms with Gasteiger partial charge >= 0.3 is 0 Å². The lowest BCUT2D eigenvalue weighted by molar-refractivity contribution is 0.0981.